The van der Waals surface area contributed by atoms with Gasteiger partial charge in [-0.3, -0.25) is 29.6 Å². The maximum Gasteiger partial charge on any atom is 0.243 e. The number of hydrogen-bond acceptors (Lipinski definition) is 7. The number of nitrogens with zero attached hydrogens (tertiary/aromatic N) is 2. The van der Waals surface area contributed by atoms with Crippen molar-refractivity contribution in [1.29, 1.82) is 5.41 Å². The number of amidine groups is 1. The highest BCUT2D eigenvalue weighted by Gasteiger charge is 2.32. The summed E-state index contributed by atoms with van der Waals surface area (Å²) >= 11 is 0. The molecule has 0 spiro atoms. The number of aliphatic imine (C=N–C) groups is 1. The highest BCUT2D eigenvalue weighted by molar-refractivity contribution is 6.02. The van der Waals surface area contributed by atoms with Crippen molar-refractivity contribution in [3.63, 3.8) is 0 Å². The summed E-state index contributed by atoms with van der Waals surface area (Å²) in [6, 6.07) is 4.55. The largest absolute Gasteiger partial charge is 0.384 e. The number of carbonyl (C=O) groups is 4. The lowest BCUT2D eigenvalue weighted by Gasteiger charge is -2.25. The molecule has 14 heteroatoms. The van der Waals surface area contributed by atoms with E-state index in [-0.39, 0.29) is 44.1 Å². The number of benzene rings is 1. The second-order valence-corrected chi connectivity index (χ2v) is 9.00. The average Bonchev–Trinajstić information content (AvgIpc) is 2.85. The summed E-state index contributed by atoms with van der Waals surface area (Å²) in [4.78, 5) is 56.3. The van der Waals surface area contributed by atoms with Crippen LogP contribution in [0.25, 0.3) is 0 Å². The van der Waals surface area contributed by atoms with Gasteiger partial charge in [0.15, 0.2) is 5.96 Å². The van der Waals surface area contributed by atoms with E-state index in [0.29, 0.717) is 24.0 Å². The van der Waals surface area contributed by atoms with Crippen molar-refractivity contribution in [2.75, 3.05) is 27.2 Å². The van der Waals surface area contributed by atoms with Crippen LogP contribution in [0.15, 0.2) is 29.3 Å². The molecule has 1 rings (SSSR count). The van der Waals surface area contributed by atoms with Crippen LogP contribution in [0, 0.1) is 11.3 Å². The summed E-state index contributed by atoms with van der Waals surface area (Å²) < 4.78 is 0. The van der Waals surface area contributed by atoms with Crippen molar-refractivity contribution >= 4 is 35.4 Å². The SMILES string of the molecule is CN(C)C(=O)C(Cc1ccc(C(=N)N)cc1)C(=O)NC(CCCN)C(=O)N[C@@H](CCCN=C(N)N)C(N)=O. The average molecular weight is 533 g/mol. The molecule has 0 radical (unpaired) electrons. The van der Waals surface area contributed by atoms with Crippen molar-refractivity contribution in [2.45, 2.75) is 44.2 Å². The molecular formula is C24H40N10O4. The quantitative estimate of drug-likeness (QED) is 0.0485. The summed E-state index contributed by atoms with van der Waals surface area (Å²) in [6.45, 7) is 0.511. The van der Waals surface area contributed by atoms with Crippen LogP contribution in [0.1, 0.15) is 36.8 Å². The maximum atomic E-state index is 13.3. The van der Waals surface area contributed by atoms with E-state index >= 15 is 0 Å². The van der Waals surface area contributed by atoms with Crippen LogP contribution in [0.4, 0.5) is 0 Å². The molecule has 1 aromatic carbocycles. The summed E-state index contributed by atoms with van der Waals surface area (Å²) in [5, 5.41) is 12.7. The van der Waals surface area contributed by atoms with Gasteiger partial charge in [-0.05, 0) is 44.2 Å². The lowest BCUT2D eigenvalue weighted by molar-refractivity contribution is -0.142. The summed E-state index contributed by atoms with van der Waals surface area (Å²) in [5.41, 5.74) is 28.3. The number of amides is 4. The Bertz CT molecular complexity index is 1010. The predicted molar refractivity (Wildman–Crippen MR) is 145 cm³/mol. The number of rotatable bonds is 16. The Morgan fingerprint density at radius 2 is 1.50 bits per heavy atom. The van der Waals surface area contributed by atoms with Gasteiger partial charge in [-0.15, -0.1) is 0 Å². The van der Waals surface area contributed by atoms with Crippen molar-refractivity contribution in [3.8, 4) is 0 Å². The Kier molecular flexibility index (Phi) is 13.2. The second-order valence-electron chi connectivity index (χ2n) is 9.00. The van der Waals surface area contributed by atoms with Gasteiger partial charge in [-0.2, -0.15) is 0 Å². The molecule has 0 aliphatic rings. The number of nitrogen functional groups attached to an aromatic ring is 1. The number of carbonyl (C=O) groups excluding carboxylic acids is 4. The first-order valence-electron chi connectivity index (χ1n) is 12.2. The van der Waals surface area contributed by atoms with Gasteiger partial charge in [-0.1, -0.05) is 24.3 Å². The Morgan fingerprint density at radius 1 is 0.921 bits per heavy atom. The molecule has 14 nitrogen and oxygen atoms in total. The minimum absolute atomic E-state index is 0.0565. The first-order chi connectivity index (χ1) is 17.9. The van der Waals surface area contributed by atoms with Crippen LogP contribution in [0.3, 0.4) is 0 Å². The van der Waals surface area contributed by atoms with Crippen LogP contribution in [0.2, 0.25) is 0 Å². The molecule has 0 heterocycles. The van der Waals surface area contributed by atoms with E-state index in [2.05, 4.69) is 15.6 Å². The number of nitrogens with two attached hydrogens (primary N) is 5. The van der Waals surface area contributed by atoms with E-state index in [1.54, 1.807) is 24.3 Å². The molecule has 0 aliphatic carbocycles. The van der Waals surface area contributed by atoms with Gasteiger partial charge in [-0.25, -0.2) is 0 Å². The predicted octanol–water partition coefficient (Wildman–Crippen LogP) is -2.54. The summed E-state index contributed by atoms with van der Waals surface area (Å²) in [5.74, 6) is -3.81. The molecule has 0 fully saturated rings. The van der Waals surface area contributed by atoms with Gasteiger partial charge in [0, 0.05) is 26.2 Å². The molecule has 3 atom stereocenters. The summed E-state index contributed by atoms with van der Waals surface area (Å²) in [6.07, 6.45) is 1.22. The van der Waals surface area contributed by atoms with Gasteiger partial charge in [0.05, 0.1) is 0 Å². The number of guanidine groups is 1. The normalized spacial score (nSPS) is 12.9. The lowest BCUT2D eigenvalue weighted by Crippen LogP contribution is -2.55. The molecule has 210 valence electrons. The van der Waals surface area contributed by atoms with E-state index in [1.807, 2.05) is 0 Å². The van der Waals surface area contributed by atoms with Gasteiger partial charge in [0.1, 0.15) is 23.8 Å². The minimum atomic E-state index is -1.13. The third kappa shape index (κ3) is 10.8. The smallest absolute Gasteiger partial charge is 0.243 e. The highest BCUT2D eigenvalue weighted by Crippen LogP contribution is 2.14. The van der Waals surface area contributed by atoms with E-state index in [9.17, 15) is 19.2 Å². The van der Waals surface area contributed by atoms with Crippen molar-refractivity contribution < 1.29 is 19.2 Å². The Labute approximate surface area is 222 Å². The number of primary amides is 1. The molecule has 0 saturated heterocycles. The van der Waals surface area contributed by atoms with Crippen molar-refractivity contribution in [1.82, 2.24) is 15.5 Å². The number of nitrogens with one attached hydrogen (secondary N) is 3. The fourth-order valence-electron chi connectivity index (χ4n) is 3.58. The fourth-order valence-corrected chi connectivity index (χ4v) is 3.58. The van der Waals surface area contributed by atoms with E-state index in [0.717, 1.165) is 0 Å². The molecule has 38 heavy (non-hydrogen) atoms. The molecule has 4 amide bonds. The third-order valence-electron chi connectivity index (χ3n) is 5.70. The van der Waals surface area contributed by atoms with Crippen molar-refractivity contribution in [2.24, 2.45) is 39.6 Å². The molecule has 0 aromatic heterocycles. The number of hydrogen-bond donors (Lipinski definition) is 8. The van der Waals surface area contributed by atoms with E-state index in [4.69, 9.17) is 34.1 Å². The zero-order valence-electron chi connectivity index (χ0n) is 21.9. The molecule has 0 saturated carbocycles. The fraction of sp³-hybridized carbons (Fsp3) is 0.500. The molecular weight excluding hydrogens is 492 g/mol. The summed E-state index contributed by atoms with van der Waals surface area (Å²) in [7, 11) is 3.06. The van der Waals surface area contributed by atoms with Gasteiger partial charge >= 0.3 is 0 Å². The Hall–Kier alpha value is -4.20. The first-order valence-corrected chi connectivity index (χ1v) is 12.2. The van der Waals surface area contributed by atoms with E-state index < -0.39 is 41.6 Å². The third-order valence-corrected chi connectivity index (χ3v) is 5.70. The Balaban J connectivity index is 3.05. The highest BCUT2D eigenvalue weighted by atomic mass is 16.2. The van der Waals surface area contributed by atoms with Crippen LogP contribution >= 0.6 is 0 Å². The molecule has 0 aliphatic heterocycles. The van der Waals surface area contributed by atoms with Crippen LogP contribution < -0.4 is 39.3 Å². The lowest BCUT2D eigenvalue weighted by atomic mass is 9.95. The second kappa shape index (κ2) is 15.8. The van der Waals surface area contributed by atoms with Gasteiger partial charge < -0.3 is 44.2 Å². The maximum absolute atomic E-state index is 13.3. The first kappa shape index (κ1) is 31.8. The molecule has 1 aromatic rings. The standard InChI is InChI=1S/C24H40N10O4/c1-34(2)23(38)16(13-14-7-9-15(10-8-14)19(26)27)21(36)33-18(5-3-11-25)22(37)32-17(20(28)35)6-4-12-31-24(29)30/h7-10,16-18H,3-6,11-13,25H2,1-2H3,(H3,26,27)(H2,28,35)(H,32,37)(H,33,36)(H4,29,30,31)/t16?,17-,18?/m0/s1. The zero-order valence-corrected chi connectivity index (χ0v) is 21.9. The molecule has 2 unspecified atom stereocenters. The Morgan fingerprint density at radius 3 is 2.00 bits per heavy atom. The van der Waals surface area contributed by atoms with Gasteiger partial charge in [0.2, 0.25) is 23.6 Å². The van der Waals surface area contributed by atoms with Crippen molar-refractivity contribution in [3.05, 3.63) is 35.4 Å². The van der Waals surface area contributed by atoms with Crippen LogP contribution in [-0.2, 0) is 25.6 Å². The van der Waals surface area contributed by atoms with Crippen LogP contribution in [-0.4, -0.2) is 79.6 Å². The minimum Gasteiger partial charge on any atom is -0.384 e. The molecule has 13 N–H and O–H groups in total. The van der Waals surface area contributed by atoms with Gasteiger partial charge in [0.25, 0.3) is 0 Å². The van der Waals surface area contributed by atoms with Crippen LogP contribution in [0.5, 0.6) is 0 Å². The monoisotopic (exact) mass is 532 g/mol. The zero-order chi connectivity index (χ0) is 28.8. The molecule has 0 bridgehead atoms. The van der Waals surface area contributed by atoms with E-state index in [1.165, 1.54) is 19.0 Å². The topological polar surface area (TPSA) is 262 Å².